The number of furan rings is 2. The highest BCUT2D eigenvalue weighted by Crippen LogP contribution is 2.49. The molecule has 0 amide bonds. The van der Waals surface area contributed by atoms with Crippen molar-refractivity contribution in [3.63, 3.8) is 0 Å². The van der Waals surface area contributed by atoms with Crippen molar-refractivity contribution in [2.75, 3.05) is 4.90 Å². The number of para-hydroxylation sites is 4. The molecule has 0 saturated heterocycles. The van der Waals surface area contributed by atoms with Crippen molar-refractivity contribution in [3.8, 4) is 22.3 Å². The molecule has 3 heteroatoms. The third-order valence-corrected chi connectivity index (χ3v) is 8.69. The number of rotatable bonds is 5. The molecule has 0 N–H and O–H groups in total. The zero-order valence-corrected chi connectivity index (χ0v) is 24.4. The van der Waals surface area contributed by atoms with E-state index in [0.29, 0.717) is 0 Å². The van der Waals surface area contributed by atoms with Crippen LogP contribution in [0.1, 0.15) is 0 Å². The number of fused-ring (bicyclic) bond motifs is 6. The quantitative estimate of drug-likeness (QED) is 0.204. The minimum atomic E-state index is 0.827. The van der Waals surface area contributed by atoms with E-state index in [-0.39, 0.29) is 0 Å². The predicted octanol–water partition coefficient (Wildman–Crippen LogP) is 12.3. The normalized spacial score (nSPS) is 11.6. The van der Waals surface area contributed by atoms with Gasteiger partial charge in [0.25, 0.3) is 0 Å². The molecule has 0 spiro atoms. The van der Waals surface area contributed by atoms with E-state index < -0.39 is 0 Å². The van der Waals surface area contributed by atoms with Crippen molar-refractivity contribution in [1.29, 1.82) is 0 Å². The lowest BCUT2D eigenvalue weighted by Crippen LogP contribution is -2.12. The monoisotopic (exact) mass is 577 g/mol. The maximum Gasteiger partial charge on any atom is 0.160 e. The summed E-state index contributed by atoms with van der Waals surface area (Å²) in [5.41, 5.74) is 10.8. The van der Waals surface area contributed by atoms with Crippen LogP contribution >= 0.6 is 0 Å². The molecule has 0 aliphatic heterocycles. The van der Waals surface area contributed by atoms with Gasteiger partial charge in [-0.15, -0.1) is 0 Å². The molecule has 2 heterocycles. The average molecular weight is 578 g/mol. The molecule has 0 aliphatic rings. The van der Waals surface area contributed by atoms with E-state index in [1.54, 1.807) is 0 Å². The Morgan fingerprint density at radius 1 is 0.333 bits per heavy atom. The molecule has 3 nitrogen and oxygen atoms in total. The van der Waals surface area contributed by atoms with Gasteiger partial charge in [0.15, 0.2) is 11.2 Å². The predicted molar refractivity (Wildman–Crippen MR) is 187 cm³/mol. The maximum atomic E-state index is 6.81. The fraction of sp³-hybridized carbons (Fsp3) is 0. The average Bonchev–Trinajstić information content (AvgIpc) is 3.69. The summed E-state index contributed by atoms with van der Waals surface area (Å²) in [4.78, 5) is 2.31. The molecule has 0 fully saturated rings. The van der Waals surface area contributed by atoms with Crippen molar-refractivity contribution in [2.45, 2.75) is 0 Å². The van der Waals surface area contributed by atoms with E-state index in [9.17, 15) is 0 Å². The molecule has 45 heavy (non-hydrogen) atoms. The molecule has 2 aromatic heterocycles. The molecule has 0 aliphatic carbocycles. The van der Waals surface area contributed by atoms with Gasteiger partial charge in [-0.2, -0.15) is 0 Å². The summed E-state index contributed by atoms with van der Waals surface area (Å²) in [7, 11) is 0. The molecule has 0 atom stereocenters. The van der Waals surface area contributed by atoms with Gasteiger partial charge in [-0.05, 0) is 47.0 Å². The smallest absolute Gasteiger partial charge is 0.160 e. The highest BCUT2D eigenvalue weighted by molar-refractivity contribution is 6.18. The molecule has 0 radical (unpaired) electrons. The lowest BCUT2D eigenvalue weighted by molar-refractivity contribution is 0.666. The van der Waals surface area contributed by atoms with E-state index in [2.05, 4.69) is 150 Å². The Bertz CT molecular complexity index is 2490. The van der Waals surface area contributed by atoms with Gasteiger partial charge in [-0.1, -0.05) is 133 Å². The fourth-order valence-corrected chi connectivity index (χ4v) is 6.68. The first-order valence-corrected chi connectivity index (χ1v) is 15.2. The third kappa shape index (κ3) is 4.05. The van der Waals surface area contributed by atoms with Crippen LogP contribution < -0.4 is 4.90 Å². The molecular weight excluding hydrogens is 550 g/mol. The standard InChI is InChI=1S/C42H27NO2/c1-3-14-28(15-4-1)30-18-7-10-22-35(30)43(36-23-13-21-33-32-19-8-11-24-38(32)44-41(33)36)37-27-26-31(29-16-5-2-6-17-29)40-34-20-9-12-25-39(34)45-42(37)40/h1-27H. The van der Waals surface area contributed by atoms with Crippen LogP contribution in [0, 0.1) is 0 Å². The summed E-state index contributed by atoms with van der Waals surface area (Å²) >= 11 is 0. The Kier molecular flexibility index (Phi) is 5.82. The summed E-state index contributed by atoms with van der Waals surface area (Å²) < 4.78 is 13.5. The van der Waals surface area contributed by atoms with Gasteiger partial charge < -0.3 is 13.7 Å². The van der Waals surface area contributed by atoms with Gasteiger partial charge in [0.2, 0.25) is 0 Å². The Hall–Kier alpha value is -6.06. The SMILES string of the molecule is c1ccc(-c2ccccc2N(c2cccc3c2oc2ccccc23)c2ccc(-c3ccccc3)c3c2oc2ccccc23)cc1. The minimum Gasteiger partial charge on any atom is -0.454 e. The number of nitrogens with zero attached hydrogens (tertiary/aromatic N) is 1. The molecule has 7 aromatic carbocycles. The van der Waals surface area contributed by atoms with Gasteiger partial charge in [-0.25, -0.2) is 0 Å². The van der Waals surface area contributed by atoms with Crippen LogP contribution in [0.4, 0.5) is 17.1 Å². The first-order chi connectivity index (χ1) is 22.3. The Balaban J connectivity index is 1.41. The van der Waals surface area contributed by atoms with Gasteiger partial charge >= 0.3 is 0 Å². The minimum absolute atomic E-state index is 0.827. The van der Waals surface area contributed by atoms with Gasteiger partial charge in [0.05, 0.1) is 17.1 Å². The summed E-state index contributed by atoms with van der Waals surface area (Å²) in [6, 6.07) is 57.0. The molecule has 0 bridgehead atoms. The summed E-state index contributed by atoms with van der Waals surface area (Å²) in [6.45, 7) is 0. The van der Waals surface area contributed by atoms with E-state index in [4.69, 9.17) is 8.83 Å². The lowest BCUT2D eigenvalue weighted by atomic mass is 9.97. The molecular formula is C42H27NO2. The van der Waals surface area contributed by atoms with Crippen LogP contribution in [0.25, 0.3) is 66.1 Å². The van der Waals surface area contributed by atoms with Gasteiger partial charge in [0, 0.05) is 27.1 Å². The van der Waals surface area contributed by atoms with Crippen LogP contribution in [0.15, 0.2) is 173 Å². The Morgan fingerprint density at radius 2 is 0.867 bits per heavy atom. The number of hydrogen-bond acceptors (Lipinski definition) is 3. The molecule has 0 unspecified atom stereocenters. The van der Waals surface area contributed by atoms with E-state index in [1.165, 1.54) is 0 Å². The van der Waals surface area contributed by atoms with Crippen LogP contribution in [0.5, 0.6) is 0 Å². The topological polar surface area (TPSA) is 29.5 Å². The van der Waals surface area contributed by atoms with Crippen LogP contribution in [-0.2, 0) is 0 Å². The highest BCUT2D eigenvalue weighted by Gasteiger charge is 2.26. The molecule has 9 rings (SSSR count). The van der Waals surface area contributed by atoms with E-state index in [1.807, 2.05) is 18.2 Å². The largest absolute Gasteiger partial charge is 0.454 e. The zero-order chi connectivity index (χ0) is 29.7. The molecule has 0 saturated carbocycles. The van der Waals surface area contributed by atoms with Gasteiger partial charge in [-0.3, -0.25) is 0 Å². The third-order valence-electron chi connectivity index (χ3n) is 8.69. The van der Waals surface area contributed by atoms with Crippen molar-refractivity contribution in [3.05, 3.63) is 164 Å². The number of hydrogen-bond donors (Lipinski definition) is 0. The second-order valence-electron chi connectivity index (χ2n) is 11.3. The lowest BCUT2D eigenvalue weighted by Gasteiger charge is -2.28. The maximum absolute atomic E-state index is 6.81. The second-order valence-corrected chi connectivity index (χ2v) is 11.3. The van der Waals surface area contributed by atoms with E-state index >= 15 is 0 Å². The fourth-order valence-electron chi connectivity index (χ4n) is 6.68. The van der Waals surface area contributed by atoms with E-state index in [0.717, 1.165) is 83.2 Å². The summed E-state index contributed by atoms with van der Waals surface area (Å²) in [5, 5.41) is 4.35. The van der Waals surface area contributed by atoms with Gasteiger partial charge in [0.1, 0.15) is 11.2 Å². The second kappa shape index (κ2) is 10.3. The highest BCUT2D eigenvalue weighted by atomic mass is 16.3. The molecule has 9 aromatic rings. The number of anilines is 3. The first kappa shape index (κ1) is 25.4. The van der Waals surface area contributed by atoms with Crippen molar-refractivity contribution in [1.82, 2.24) is 0 Å². The summed E-state index contributed by atoms with van der Waals surface area (Å²) in [5.74, 6) is 0. The van der Waals surface area contributed by atoms with Crippen LogP contribution in [0.2, 0.25) is 0 Å². The van der Waals surface area contributed by atoms with Crippen molar-refractivity contribution >= 4 is 60.9 Å². The number of benzene rings is 7. The summed E-state index contributed by atoms with van der Waals surface area (Å²) in [6.07, 6.45) is 0. The van der Waals surface area contributed by atoms with Crippen LogP contribution in [-0.4, -0.2) is 0 Å². The van der Waals surface area contributed by atoms with Crippen molar-refractivity contribution < 1.29 is 8.83 Å². The zero-order valence-electron chi connectivity index (χ0n) is 24.4. The Morgan fingerprint density at radius 3 is 1.64 bits per heavy atom. The Labute approximate surface area is 260 Å². The first-order valence-electron chi connectivity index (χ1n) is 15.2. The molecule has 212 valence electrons. The van der Waals surface area contributed by atoms with Crippen LogP contribution in [0.3, 0.4) is 0 Å². The van der Waals surface area contributed by atoms with Crippen molar-refractivity contribution in [2.24, 2.45) is 0 Å².